The summed E-state index contributed by atoms with van der Waals surface area (Å²) in [5.74, 6) is -0.509. The lowest BCUT2D eigenvalue weighted by atomic mass is 10.1. The maximum atomic E-state index is 12.8. The number of aromatic amines is 2. The van der Waals surface area contributed by atoms with Crippen LogP contribution in [0.1, 0.15) is 16.2 Å². The molecular weight excluding hydrogens is 344 g/mol. The van der Waals surface area contributed by atoms with E-state index in [0.29, 0.717) is 21.8 Å². The van der Waals surface area contributed by atoms with Gasteiger partial charge in [-0.25, -0.2) is 0 Å². The van der Waals surface area contributed by atoms with Gasteiger partial charge in [-0.05, 0) is 12.1 Å². The minimum absolute atomic E-state index is 0.0571. The predicted molar refractivity (Wildman–Crippen MR) is 88.9 cm³/mol. The summed E-state index contributed by atoms with van der Waals surface area (Å²) in [5.41, 5.74) is 0.551. The van der Waals surface area contributed by atoms with E-state index < -0.39 is 15.6 Å². The van der Waals surface area contributed by atoms with Gasteiger partial charge in [-0.1, -0.05) is 0 Å². The molecule has 0 bridgehead atoms. The zero-order valence-electron chi connectivity index (χ0n) is 12.8. The van der Waals surface area contributed by atoms with Crippen LogP contribution in [-0.2, 0) is 0 Å². The molecule has 0 radical (unpaired) electrons. The van der Waals surface area contributed by atoms with E-state index in [1.165, 1.54) is 36.4 Å². The van der Waals surface area contributed by atoms with Crippen LogP contribution in [0.3, 0.4) is 0 Å². The van der Waals surface area contributed by atoms with Crippen LogP contribution in [0.25, 0.3) is 21.8 Å². The maximum absolute atomic E-state index is 12.8. The van der Waals surface area contributed by atoms with Crippen molar-refractivity contribution in [2.45, 2.75) is 0 Å². The number of carbonyl (C=O) groups is 1. The molecule has 0 atom stereocenters. The number of non-ortho nitro benzene ring substituents is 2. The molecule has 11 nitrogen and oxygen atoms in total. The van der Waals surface area contributed by atoms with Crippen LogP contribution < -0.4 is 0 Å². The molecular formula is C15H8N6O5. The number of rotatable bonds is 4. The molecule has 0 aliphatic carbocycles. The number of aromatic nitrogens is 4. The number of ketones is 1. The van der Waals surface area contributed by atoms with Crippen molar-refractivity contribution in [1.29, 1.82) is 0 Å². The average Bonchev–Trinajstić information content (AvgIpc) is 3.24. The predicted octanol–water partition coefficient (Wildman–Crippen LogP) is 2.49. The average molecular weight is 352 g/mol. The van der Waals surface area contributed by atoms with Crippen LogP contribution in [0.15, 0.2) is 36.4 Å². The molecule has 2 N–H and O–H groups in total. The standard InChI is InChI=1S/C15H8N6O5/c22-15(13-9-3-1-7(20(23)24)5-11(9)16-18-13)14-10-4-2-8(21(25)26)6-12(10)17-19-14/h1-6H,(H,16,18)(H,17,19). The lowest BCUT2D eigenvalue weighted by Crippen LogP contribution is -2.03. The van der Waals surface area contributed by atoms with Crippen LogP contribution in [0.4, 0.5) is 11.4 Å². The summed E-state index contributed by atoms with van der Waals surface area (Å²) in [6, 6.07) is 7.99. The SMILES string of the molecule is O=C(c1n[nH]c2cc([N+](=O)[O-])ccc12)c1n[nH]c2cc([N+](=O)[O-])ccc12. The van der Waals surface area contributed by atoms with Gasteiger partial charge in [-0.2, -0.15) is 10.2 Å². The van der Waals surface area contributed by atoms with Crippen LogP contribution in [0.2, 0.25) is 0 Å². The Hall–Kier alpha value is -4.15. The fraction of sp³-hybridized carbons (Fsp3) is 0. The zero-order valence-corrected chi connectivity index (χ0v) is 12.8. The van der Waals surface area contributed by atoms with E-state index >= 15 is 0 Å². The Morgan fingerprint density at radius 2 is 1.23 bits per heavy atom. The Labute approximate surface area is 142 Å². The van der Waals surface area contributed by atoms with Crippen molar-refractivity contribution in [3.8, 4) is 0 Å². The quantitative estimate of drug-likeness (QED) is 0.324. The number of benzene rings is 2. The Kier molecular flexibility index (Phi) is 3.22. The molecule has 11 heteroatoms. The second kappa shape index (κ2) is 5.44. The number of H-pyrrole nitrogens is 2. The van der Waals surface area contributed by atoms with Crippen LogP contribution in [-0.4, -0.2) is 36.0 Å². The summed E-state index contributed by atoms with van der Waals surface area (Å²) in [6.07, 6.45) is 0. The minimum atomic E-state index is -0.546. The van der Waals surface area contributed by atoms with Gasteiger partial charge in [0.05, 0.1) is 20.9 Å². The molecule has 26 heavy (non-hydrogen) atoms. The lowest BCUT2D eigenvalue weighted by Gasteiger charge is -1.96. The fourth-order valence-corrected chi connectivity index (χ4v) is 2.70. The third-order valence-corrected chi connectivity index (χ3v) is 3.94. The number of hydrogen-bond donors (Lipinski definition) is 2. The third-order valence-electron chi connectivity index (χ3n) is 3.94. The molecule has 4 aromatic rings. The topological polar surface area (TPSA) is 161 Å². The van der Waals surface area contributed by atoms with E-state index in [0.717, 1.165) is 0 Å². The molecule has 0 saturated heterocycles. The Balaban J connectivity index is 1.81. The van der Waals surface area contributed by atoms with E-state index in [4.69, 9.17) is 0 Å². The van der Waals surface area contributed by atoms with Crippen molar-refractivity contribution in [2.75, 3.05) is 0 Å². The summed E-state index contributed by atoms with van der Waals surface area (Å²) >= 11 is 0. The normalized spacial score (nSPS) is 11.1. The van der Waals surface area contributed by atoms with Crippen LogP contribution in [0.5, 0.6) is 0 Å². The lowest BCUT2D eigenvalue weighted by molar-refractivity contribution is -0.384. The van der Waals surface area contributed by atoms with Gasteiger partial charge < -0.3 is 0 Å². The van der Waals surface area contributed by atoms with Crippen molar-refractivity contribution < 1.29 is 14.6 Å². The highest BCUT2D eigenvalue weighted by Crippen LogP contribution is 2.26. The number of nitrogens with zero attached hydrogens (tertiary/aromatic N) is 4. The molecule has 2 heterocycles. The first-order chi connectivity index (χ1) is 12.5. The number of hydrogen-bond acceptors (Lipinski definition) is 7. The first-order valence-electron chi connectivity index (χ1n) is 7.25. The molecule has 0 amide bonds. The molecule has 4 rings (SSSR count). The van der Waals surface area contributed by atoms with E-state index in [-0.39, 0.29) is 22.8 Å². The molecule has 0 unspecified atom stereocenters. The highest BCUT2D eigenvalue weighted by atomic mass is 16.6. The van der Waals surface area contributed by atoms with Gasteiger partial charge in [0, 0.05) is 35.0 Å². The van der Waals surface area contributed by atoms with Gasteiger partial charge in [0.15, 0.2) is 0 Å². The first kappa shape index (κ1) is 15.4. The zero-order chi connectivity index (χ0) is 18.4. The Morgan fingerprint density at radius 1 is 0.808 bits per heavy atom. The van der Waals surface area contributed by atoms with E-state index in [2.05, 4.69) is 20.4 Å². The summed E-state index contributed by atoms with van der Waals surface area (Å²) in [7, 11) is 0. The smallest absolute Gasteiger partial charge is 0.271 e. The molecule has 0 aliphatic rings. The molecule has 2 aromatic carbocycles. The van der Waals surface area contributed by atoms with E-state index in [9.17, 15) is 25.0 Å². The van der Waals surface area contributed by atoms with Crippen LogP contribution >= 0.6 is 0 Å². The largest absolute Gasteiger partial charge is 0.285 e. The van der Waals surface area contributed by atoms with Crippen molar-refractivity contribution in [2.24, 2.45) is 0 Å². The highest BCUT2D eigenvalue weighted by Gasteiger charge is 2.23. The molecule has 128 valence electrons. The van der Waals surface area contributed by atoms with Gasteiger partial charge >= 0.3 is 0 Å². The van der Waals surface area contributed by atoms with Crippen molar-refractivity contribution in [3.05, 3.63) is 68.0 Å². The van der Waals surface area contributed by atoms with Crippen molar-refractivity contribution in [1.82, 2.24) is 20.4 Å². The van der Waals surface area contributed by atoms with Gasteiger partial charge in [-0.15, -0.1) is 0 Å². The van der Waals surface area contributed by atoms with Gasteiger partial charge in [0.2, 0.25) is 5.78 Å². The summed E-state index contributed by atoms with van der Waals surface area (Å²) in [6.45, 7) is 0. The van der Waals surface area contributed by atoms with E-state index in [1.807, 2.05) is 0 Å². The Bertz CT molecular complexity index is 1130. The number of nitro benzene ring substituents is 2. The number of carbonyl (C=O) groups excluding carboxylic acids is 1. The molecule has 2 aromatic heterocycles. The minimum Gasteiger partial charge on any atom is -0.285 e. The summed E-state index contributed by atoms with van der Waals surface area (Å²) in [5, 5.41) is 35.6. The second-order valence-electron chi connectivity index (χ2n) is 5.45. The Morgan fingerprint density at radius 3 is 1.62 bits per heavy atom. The second-order valence-corrected chi connectivity index (χ2v) is 5.45. The van der Waals surface area contributed by atoms with Crippen molar-refractivity contribution >= 4 is 39.0 Å². The third kappa shape index (κ3) is 2.26. The monoisotopic (exact) mass is 352 g/mol. The van der Waals surface area contributed by atoms with Gasteiger partial charge in [0.1, 0.15) is 11.4 Å². The number of fused-ring (bicyclic) bond motifs is 2. The summed E-state index contributed by atoms with van der Waals surface area (Å²) < 4.78 is 0. The van der Waals surface area contributed by atoms with Crippen LogP contribution in [0, 0.1) is 20.2 Å². The van der Waals surface area contributed by atoms with Gasteiger partial charge in [0.25, 0.3) is 11.4 Å². The van der Waals surface area contributed by atoms with Gasteiger partial charge in [-0.3, -0.25) is 35.2 Å². The molecule has 0 fully saturated rings. The van der Waals surface area contributed by atoms with Crippen molar-refractivity contribution in [3.63, 3.8) is 0 Å². The molecule has 0 aliphatic heterocycles. The van der Waals surface area contributed by atoms with E-state index in [1.54, 1.807) is 0 Å². The molecule has 0 spiro atoms. The maximum Gasteiger partial charge on any atom is 0.271 e. The highest BCUT2D eigenvalue weighted by molar-refractivity contribution is 6.19. The summed E-state index contributed by atoms with van der Waals surface area (Å²) in [4.78, 5) is 33.4. The number of nitrogens with one attached hydrogen (secondary N) is 2. The fourth-order valence-electron chi connectivity index (χ4n) is 2.70. The first-order valence-corrected chi connectivity index (χ1v) is 7.25. The molecule has 0 saturated carbocycles. The number of nitro groups is 2.